The maximum Gasteiger partial charge on any atom is 0.303 e. The molecule has 2 aliphatic rings. The van der Waals surface area contributed by atoms with E-state index < -0.39 is 5.97 Å². The second-order valence-corrected chi connectivity index (χ2v) is 6.40. The van der Waals surface area contributed by atoms with E-state index in [0.29, 0.717) is 24.8 Å². The van der Waals surface area contributed by atoms with Crippen LogP contribution in [0.25, 0.3) is 0 Å². The number of aromatic nitrogens is 2. The number of ether oxygens (including phenoxy) is 1. The second-order valence-electron chi connectivity index (χ2n) is 6.40. The topological polar surface area (TPSA) is 85.5 Å². The van der Waals surface area contributed by atoms with E-state index >= 15 is 0 Å². The molecule has 1 aliphatic carbocycles. The smallest absolute Gasteiger partial charge is 0.303 e. The van der Waals surface area contributed by atoms with Crippen LogP contribution in [0.4, 0.5) is 0 Å². The van der Waals surface area contributed by atoms with Gasteiger partial charge in [-0.1, -0.05) is 12.8 Å². The lowest BCUT2D eigenvalue weighted by molar-refractivity contribution is -0.139. The number of hydrogen-bond donors (Lipinski definition) is 1. The van der Waals surface area contributed by atoms with Crippen LogP contribution in [0.15, 0.2) is 4.42 Å². The summed E-state index contributed by atoms with van der Waals surface area (Å²) in [7, 11) is 0. The van der Waals surface area contributed by atoms with Crippen LogP contribution in [0, 0.1) is 5.41 Å². The summed E-state index contributed by atoms with van der Waals surface area (Å²) in [5.74, 6) is 0.684. The lowest BCUT2D eigenvalue weighted by Crippen LogP contribution is -2.24. The summed E-state index contributed by atoms with van der Waals surface area (Å²) in [6.45, 7) is 1.45. The van der Waals surface area contributed by atoms with E-state index in [9.17, 15) is 4.79 Å². The number of carboxylic acid groups (broad SMARTS) is 1. The van der Waals surface area contributed by atoms with E-state index in [1.807, 2.05) is 0 Å². The first-order valence-corrected chi connectivity index (χ1v) is 7.79. The van der Waals surface area contributed by atoms with Crippen molar-refractivity contribution in [3.8, 4) is 0 Å². The highest BCUT2D eigenvalue weighted by atomic mass is 16.5. The molecule has 0 spiro atoms. The van der Waals surface area contributed by atoms with E-state index in [2.05, 4.69) is 10.2 Å². The molecule has 0 aromatic carbocycles. The van der Waals surface area contributed by atoms with E-state index in [4.69, 9.17) is 14.3 Å². The summed E-state index contributed by atoms with van der Waals surface area (Å²) in [5, 5.41) is 17.4. The Hall–Kier alpha value is -1.43. The van der Waals surface area contributed by atoms with Gasteiger partial charge in [-0.25, -0.2) is 0 Å². The number of hydrogen-bond acceptors (Lipinski definition) is 5. The Morgan fingerprint density at radius 1 is 1.29 bits per heavy atom. The van der Waals surface area contributed by atoms with Crippen molar-refractivity contribution in [3.05, 3.63) is 11.8 Å². The van der Waals surface area contributed by atoms with Crippen LogP contribution in [0.2, 0.25) is 0 Å². The molecule has 0 radical (unpaired) electrons. The van der Waals surface area contributed by atoms with Crippen LogP contribution < -0.4 is 0 Å². The molecule has 1 saturated heterocycles. The molecule has 0 amide bonds. The monoisotopic (exact) mass is 294 g/mol. The van der Waals surface area contributed by atoms with Gasteiger partial charge in [-0.15, -0.1) is 10.2 Å². The van der Waals surface area contributed by atoms with E-state index in [-0.39, 0.29) is 17.8 Å². The molecule has 1 aliphatic heterocycles. The molecule has 6 nitrogen and oxygen atoms in total. The lowest BCUT2D eigenvalue weighted by atomic mass is 9.79. The summed E-state index contributed by atoms with van der Waals surface area (Å²) in [5.41, 5.74) is -0.196. The largest absolute Gasteiger partial charge is 0.481 e. The Balaban J connectivity index is 1.68. The zero-order valence-electron chi connectivity index (χ0n) is 12.2. The molecule has 1 atom stereocenters. The third-order valence-electron chi connectivity index (χ3n) is 4.71. The van der Waals surface area contributed by atoms with E-state index in [0.717, 1.165) is 45.1 Å². The zero-order valence-corrected chi connectivity index (χ0v) is 12.2. The van der Waals surface area contributed by atoms with Crippen LogP contribution in [0.1, 0.15) is 62.6 Å². The van der Waals surface area contributed by atoms with Crippen LogP contribution in [0.3, 0.4) is 0 Å². The normalized spacial score (nSPS) is 25.0. The molecule has 1 unspecified atom stereocenters. The van der Waals surface area contributed by atoms with Crippen LogP contribution in [-0.2, 0) is 16.0 Å². The Bertz CT molecular complexity index is 488. The van der Waals surface area contributed by atoms with Gasteiger partial charge in [0, 0.05) is 13.0 Å². The van der Waals surface area contributed by atoms with Crippen LogP contribution in [0.5, 0.6) is 0 Å². The standard InChI is InChI=1S/C15H22N2O4/c18-13(19)9-15(5-1-2-6-15)8-12-16-17-14(21-12)11-4-3-7-20-10-11/h11H,1-10H2,(H,18,19). The predicted octanol–water partition coefficient (Wildman–Crippen LogP) is 2.54. The molecule has 1 N–H and O–H groups in total. The Labute approximate surface area is 123 Å². The first-order valence-electron chi connectivity index (χ1n) is 7.79. The van der Waals surface area contributed by atoms with Crippen molar-refractivity contribution in [3.63, 3.8) is 0 Å². The van der Waals surface area contributed by atoms with E-state index in [1.54, 1.807) is 0 Å². The average molecular weight is 294 g/mol. The zero-order chi connectivity index (χ0) is 14.7. The Morgan fingerprint density at radius 2 is 2.10 bits per heavy atom. The fourth-order valence-electron chi connectivity index (χ4n) is 3.62. The highest BCUT2D eigenvalue weighted by Crippen LogP contribution is 2.43. The summed E-state index contributed by atoms with van der Waals surface area (Å²) in [6, 6.07) is 0. The molecule has 0 bridgehead atoms. The number of aliphatic carboxylic acids is 1. The maximum absolute atomic E-state index is 11.1. The first-order chi connectivity index (χ1) is 10.2. The highest BCUT2D eigenvalue weighted by Gasteiger charge is 2.38. The summed E-state index contributed by atoms with van der Waals surface area (Å²) >= 11 is 0. The van der Waals surface area contributed by atoms with Crippen LogP contribution in [-0.4, -0.2) is 34.5 Å². The third-order valence-corrected chi connectivity index (χ3v) is 4.71. The molecule has 1 aromatic heterocycles. The molecule has 6 heteroatoms. The van der Waals surface area contributed by atoms with Crippen molar-refractivity contribution >= 4 is 5.97 Å². The molecule has 1 aromatic rings. The van der Waals surface area contributed by atoms with Gasteiger partial charge < -0.3 is 14.3 Å². The fourth-order valence-corrected chi connectivity index (χ4v) is 3.62. The van der Waals surface area contributed by atoms with Gasteiger partial charge >= 0.3 is 5.97 Å². The quantitative estimate of drug-likeness (QED) is 0.898. The molecule has 2 heterocycles. The van der Waals surface area contributed by atoms with Crippen molar-refractivity contribution in [1.29, 1.82) is 0 Å². The highest BCUT2D eigenvalue weighted by molar-refractivity contribution is 5.67. The average Bonchev–Trinajstić information content (AvgIpc) is 3.09. The minimum Gasteiger partial charge on any atom is -0.481 e. The second kappa shape index (κ2) is 6.13. The van der Waals surface area contributed by atoms with Crippen LogP contribution >= 0.6 is 0 Å². The van der Waals surface area contributed by atoms with Crippen molar-refractivity contribution in [2.75, 3.05) is 13.2 Å². The number of nitrogens with zero attached hydrogens (tertiary/aromatic N) is 2. The Morgan fingerprint density at radius 3 is 2.76 bits per heavy atom. The van der Waals surface area contributed by atoms with Gasteiger partial charge in [-0.3, -0.25) is 4.79 Å². The molecule has 116 valence electrons. The van der Waals surface area contributed by atoms with Gasteiger partial charge in [-0.2, -0.15) is 0 Å². The molecule has 3 rings (SSSR count). The molecule has 2 fully saturated rings. The van der Waals surface area contributed by atoms with Gasteiger partial charge in [0.1, 0.15) is 0 Å². The number of rotatable bonds is 5. The van der Waals surface area contributed by atoms with Crippen molar-refractivity contribution in [2.45, 2.75) is 57.3 Å². The van der Waals surface area contributed by atoms with Gasteiger partial charge in [0.05, 0.1) is 18.9 Å². The first kappa shape index (κ1) is 14.5. The Kier molecular flexibility index (Phi) is 4.24. The van der Waals surface area contributed by atoms with Gasteiger partial charge in [-0.05, 0) is 31.1 Å². The van der Waals surface area contributed by atoms with Crippen molar-refractivity contribution in [1.82, 2.24) is 10.2 Å². The summed E-state index contributed by atoms with van der Waals surface area (Å²) < 4.78 is 11.2. The van der Waals surface area contributed by atoms with Gasteiger partial charge in [0.15, 0.2) is 0 Å². The molecular weight excluding hydrogens is 272 g/mol. The fraction of sp³-hybridized carbons (Fsp3) is 0.800. The summed E-state index contributed by atoms with van der Waals surface area (Å²) in [4.78, 5) is 11.1. The van der Waals surface area contributed by atoms with Crippen molar-refractivity contribution in [2.24, 2.45) is 5.41 Å². The SMILES string of the molecule is O=C(O)CC1(Cc2nnc(C3CCCOC3)o2)CCCC1. The minimum atomic E-state index is -0.739. The predicted molar refractivity (Wildman–Crippen MR) is 73.9 cm³/mol. The van der Waals surface area contributed by atoms with Crippen molar-refractivity contribution < 1.29 is 19.1 Å². The summed E-state index contributed by atoms with van der Waals surface area (Å²) in [6.07, 6.45) is 6.85. The molecule has 21 heavy (non-hydrogen) atoms. The van der Waals surface area contributed by atoms with Gasteiger partial charge in [0.2, 0.25) is 11.8 Å². The molecule has 1 saturated carbocycles. The lowest BCUT2D eigenvalue weighted by Gasteiger charge is -2.25. The third kappa shape index (κ3) is 3.43. The van der Waals surface area contributed by atoms with E-state index in [1.165, 1.54) is 0 Å². The minimum absolute atomic E-state index is 0.192. The number of carboxylic acids is 1. The molecular formula is C15H22N2O4. The maximum atomic E-state index is 11.1. The number of carbonyl (C=O) groups is 1. The van der Waals surface area contributed by atoms with Gasteiger partial charge in [0.25, 0.3) is 0 Å².